The van der Waals surface area contributed by atoms with Crippen LogP contribution < -0.4 is 0 Å². The van der Waals surface area contributed by atoms with Gasteiger partial charge in [-0.2, -0.15) is 0 Å². The molecule has 1 aromatic carbocycles. The molecular weight excluding hydrogens is 222 g/mol. The van der Waals surface area contributed by atoms with Gasteiger partial charge in [0.25, 0.3) is 0 Å². The number of pyridine rings is 1. The lowest BCUT2D eigenvalue weighted by Crippen LogP contribution is -2.02. The predicted molar refractivity (Wildman–Crippen MR) is 73.6 cm³/mol. The Hall–Kier alpha value is -1.67. The summed E-state index contributed by atoms with van der Waals surface area (Å²) in [6.07, 6.45) is 0.409. The minimum absolute atomic E-state index is 0.572. The van der Waals surface area contributed by atoms with Crippen LogP contribution in [0, 0.1) is 13.8 Å². The molecule has 2 nitrogen and oxygen atoms in total. The topological polar surface area (TPSA) is 33.1 Å². The molecular formula is C16H19NO. The van der Waals surface area contributed by atoms with E-state index in [1.165, 1.54) is 5.56 Å². The number of aliphatic hydroxyl groups excluding tert-OH is 1. The molecule has 1 unspecified atom stereocenters. The molecule has 0 aliphatic heterocycles. The highest BCUT2D eigenvalue weighted by Crippen LogP contribution is 2.23. The van der Waals surface area contributed by atoms with E-state index in [0.717, 1.165) is 28.9 Å². The summed E-state index contributed by atoms with van der Waals surface area (Å²) in [7, 11) is 0. The molecule has 1 aromatic heterocycles. The standard InChI is InChI=1S/C16H19NO/c1-4-13-6-5-7-14(10-13)16(18)15-8-11(2)17-12(3)9-15/h5-10,16,18H,4H2,1-3H3. The van der Waals surface area contributed by atoms with E-state index in [-0.39, 0.29) is 0 Å². The third-order valence-electron chi connectivity index (χ3n) is 3.09. The first-order valence-corrected chi connectivity index (χ1v) is 6.32. The van der Waals surface area contributed by atoms with Crippen molar-refractivity contribution in [3.8, 4) is 0 Å². The van der Waals surface area contributed by atoms with Crippen LogP contribution in [0.5, 0.6) is 0 Å². The van der Waals surface area contributed by atoms with E-state index in [2.05, 4.69) is 24.0 Å². The molecule has 94 valence electrons. The monoisotopic (exact) mass is 241 g/mol. The maximum absolute atomic E-state index is 10.4. The normalized spacial score (nSPS) is 12.4. The molecule has 0 radical (unpaired) electrons. The average molecular weight is 241 g/mol. The SMILES string of the molecule is CCc1cccc(C(O)c2cc(C)nc(C)c2)c1. The van der Waals surface area contributed by atoms with Crippen LogP contribution >= 0.6 is 0 Å². The third-order valence-corrected chi connectivity index (χ3v) is 3.09. The summed E-state index contributed by atoms with van der Waals surface area (Å²) in [6.45, 7) is 6.02. The number of aryl methyl sites for hydroxylation is 3. The molecule has 0 fully saturated rings. The Morgan fingerprint density at radius 2 is 1.72 bits per heavy atom. The Kier molecular flexibility index (Phi) is 3.78. The maximum atomic E-state index is 10.4. The lowest BCUT2D eigenvalue weighted by atomic mass is 9.98. The van der Waals surface area contributed by atoms with E-state index in [0.29, 0.717) is 0 Å². The predicted octanol–water partition coefficient (Wildman–Crippen LogP) is 3.34. The van der Waals surface area contributed by atoms with E-state index < -0.39 is 6.10 Å². The number of hydrogen-bond acceptors (Lipinski definition) is 2. The zero-order valence-electron chi connectivity index (χ0n) is 11.1. The number of aromatic nitrogens is 1. The van der Waals surface area contributed by atoms with Gasteiger partial charge >= 0.3 is 0 Å². The molecule has 2 heteroatoms. The molecule has 18 heavy (non-hydrogen) atoms. The van der Waals surface area contributed by atoms with Gasteiger partial charge in [-0.25, -0.2) is 0 Å². The Morgan fingerprint density at radius 3 is 2.33 bits per heavy atom. The van der Waals surface area contributed by atoms with Crippen molar-refractivity contribution in [2.45, 2.75) is 33.3 Å². The fourth-order valence-corrected chi connectivity index (χ4v) is 2.20. The van der Waals surface area contributed by atoms with Crippen LogP contribution in [-0.4, -0.2) is 10.1 Å². The first-order chi connectivity index (χ1) is 8.60. The van der Waals surface area contributed by atoms with Gasteiger partial charge in [0.1, 0.15) is 6.10 Å². The number of nitrogens with zero attached hydrogens (tertiary/aromatic N) is 1. The second kappa shape index (κ2) is 5.32. The van der Waals surface area contributed by atoms with E-state index in [1.807, 2.05) is 38.1 Å². The van der Waals surface area contributed by atoms with Crippen LogP contribution in [0.25, 0.3) is 0 Å². The molecule has 0 spiro atoms. The van der Waals surface area contributed by atoms with Crippen molar-refractivity contribution in [1.82, 2.24) is 4.98 Å². The van der Waals surface area contributed by atoms with Gasteiger partial charge in [-0.1, -0.05) is 31.2 Å². The molecule has 1 heterocycles. The summed E-state index contributed by atoms with van der Waals surface area (Å²) in [6, 6.07) is 12.0. The van der Waals surface area contributed by atoms with Gasteiger partial charge in [-0.05, 0) is 49.1 Å². The second-order valence-corrected chi connectivity index (χ2v) is 4.68. The minimum atomic E-state index is -0.572. The van der Waals surface area contributed by atoms with E-state index in [4.69, 9.17) is 0 Å². The second-order valence-electron chi connectivity index (χ2n) is 4.68. The molecule has 0 aliphatic carbocycles. The summed E-state index contributed by atoms with van der Waals surface area (Å²) in [5.74, 6) is 0. The van der Waals surface area contributed by atoms with E-state index in [9.17, 15) is 5.11 Å². The maximum Gasteiger partial charge on any atom is 0.104 e. The summed E-state index contributed by atoms with van der Waals surface area (Å²) < 4.78 is 0. The highest BCUT2D eigenvalue weighted by atomic mass is 16.3. The Balaban J connectivity index is 2.37. The molecule has 0 saturated heterocycles. The van der Waals surface area contributed by atoms with Crippen LogP contribution in [0.2, 0.25) is 0 Å². The summed E-state index contributed by atoms with van der Waals surface area (Å²) in [5, 5.41) is 10.4. The third kappa shape index (κ3) is 2.77. The minimum Gasteiger partial charge on any atom is -0.384 e. The fraction of sp³-hybridized carbons (Fsp3) is 0.312. The molecule has 0 bridgehead atoms. The lowest BCUT2D eigenvalue weighted by Gasteiger charge is -2.13. The molecule has 0 amide bonds. The summed E-state index contributed by atoms with van der Waals surface area (Å²) >= 11 is 0. The molecule has 1 N–H and O–H groups in total. The smallest absolute Gasteiger partial charge is 0.104 e. The first kappa shape index (κ1) is 12.8. The van der Waals surface area contributed by atoms with Gasteiger partial charge in [-0.15, -0.1) is 0 Å². The fourth-order valence-electron chi connectivity index (χ4n) is 2.20. The Morgan fingerprint density at radius 1 is 1.06 bits per heavy atom. The van der Waals surface area contributed by atoms with Gasteiger partial charge in [0.2, 0.25) is 0 Å². The van der Waals surface area contributed by atoms with Crippen molar-refractivity contribution < 1.29 is 5.11 Å². The van der Waals surface area contributed by atoms with E-state index in [1.54, 1.807) is 0 Å². The zero-order chi connectivity index (χ0) is 13.1. The van der Waals surface area contributed by atoms with Crippen LogP contribution in [0.1, 0.15) is 41.1 Å². The highest BCUT2D eigenvalue weighted by Gasteiger charge is 2.11. The van der Waals surface area contributed by atoms with Crippen LogP contribution in [0.4, 0.5) is 0 Å². The molecule has 2 rings (SSSR count). The van der Waals surface area contributed by atoms with Crippen molar-refractivity contribution in [3.05, 3.63) is 64.5 Å². The van der Waals surface area contributed by atoms with Crippen molar-refractivity contribution in [1.29, 1.82) is 0 Å². The summed E-state index contributed by atoms with van der Waals surface area (Å²) in [5.41, 5.74) is 4.98. The highest BCUT2D eigenvalue weighted by molar-refractivity contribution is 5.33. The number of hydrogen-bond donors (Lipinski definition) is 1. The van der Waals surface area contributed by atoms with Gasteiger partial charge in [0, 0.05) is 11.4 Å². The van der Waals surface area contributed by atoms with Gasteiger partial charge < -0.3 is 5.11 Å². The number of benzene rings is 1. The number of aliphatic hydroxyl groups is 1. The quantitative estimate of drug-likeness (QED) is 0.894. The molecule has 0 saturated carbocycles. The van der Waals surface area contributed by atoms with Crippen LogP contribution in [0.15, 0.2) is 36.4 Å². The molecule has 1 atom stereocenters. The Bertz CT molecular complexity index is 528. The van der Waals surface area contributed by atoms with Crippen molar-refractivity contribution in [3.63, 3.8) is 0 Å². The molecule has 2 aromatic rings. The van der Waals surface area contributed by atoms with Gasteiger partial charge in [0.15, 0.2) is 0 Å². The van der Waals surface area contributed by atoms with Crippen molar-refractivity contribution >= 4 is 0 Å². The van der Waals surface area contributed by atoms with Gasteiger partial charge in [-0.3, -0.25) is 4.98 Å². The Labute approximate surface area is 108 Å². The summed E-state index contributed by atoms with van der Waals surface area (Å²) in [4.78, 5) is 4.33. The average Bonchev–Trinajstić information content (AvgIpc) is 2.37. The van der Waals surface area contributed by atoms with Gasteiger partial charge in [0.05, 0.1) is 0 Å². The lowest BCUT2D eigenvalue weighted by molar-refractivity contribution is 0.220. The number of rotatable bonds is 3. The van der Waals surface area contributed by atoms with Crippen molar-refractivity contribution in [2.75, 3.05) is 0 Å². The first-order valence-electron chi connectivity index (χ1n) is 6.32. The molecule has 0 aliphatic rings. The van der Waals surface area contributed by atoms with E-state index >= 15 is 0 Å². The van der Waals surface area contributed by atoms with Crippen LogP contribution in [-0.2, 0) is 6.42 Å². The zero-order valence-corrected chi connectivity index (χ0v) is 11.1. The van der Waals surface area contributed by atoms with Crippen molar-refractivity contribution in [2.24, 2.45) is 0 Å². The largest absolute Gasteiger partial charge is 0.384 e. The van der Waals surface area contributed by atoms with Crippen LogP contribution in [0.3, 0.4) is 0 Å².